The van der Waals surface area contributed by atoms with Gasteiger partial charge in [-0.3, -0.25) is 4.79 Å². The molecular formula is C21H33N2O5-. The first-order chi connectivity index (χ1) is 13.2. The minimum Gasteiger partial charge on any atom is -0.676 e. The third-order valence-corrected chi connectivity index (χ3v) is 4.15. The molecule has 7 nitrogen and oxygen atoms in total. The van der Waals surface area contributed by atoms with Crippen molar-refractivity contribution >= 4 is 11.9 Å². The Morgan fingerprint density at radius 1 is 1.07 bits per heavy atom. The molecule has 0 aliphatic heterocycles. The zero-order valence-corrected chi connectivity index (χ0v) is 17.6. The topological polar surface area (TPSA) is 97.7 Å². The monoisotopic (exact) mass is 393 g/mol. The van der Waals surface area contributed by atoms with Crippen molar-refractivity contribution in [2.45, 2.75) is 46.5 Å². The van der Waals surface area contributed by atoms with Crippen molar-refractivity contribution < 1.29 is 23.8 Å². The van der Waals surface area contributed by atoms with Gasteiger partial charge in [-0.2, -0.15) is 0 Å². The lowest BCUT2D eigenvalue weighted by Gasteiger charge is -2.28. The number of benzene rings is 1. The summed E-state index contributed by atoms with van der Waals surface area (Å²) in [5.74, 6) is 0.565. The van der Waals surface area contributed by atoms with Gasteiger partial charge in [0, 0.05) is 30.6 Å². The second-order valence-corrected chi connectivity index (χ2v) is 7.51. The predicted octanol–water partition coefficient (Wildman–Crippen LogP) is 3.73. The standard InChI is InChI=1S/C21H33N2O5/c1-15-12-16(2)19(21(4,5)14-17(3)24)18(13-15)28-20(25)23-7-9-27-11-10-26-8-6-22/h12-13,22H,6-11,14H2,1-5H3,(H,23,25)/q-1. The van der Waals surface area contributed by atoms with Crippen molar-refractivity contribution in [3.05, 3.63) is 34.6 Å². The van der Waals surface area contributed by atoms with Gasteiger partial charge in [-0.15, -0.1) is 6.54 Å². The lowest BCUT2D eigenvalue weighted by atomic mass is 9.77. The van der Waals surface area contributed by atoms with E-state index in [1.54, 1.807) is 6.92 Å². The van der Waals surface area contributed by atoms with Gasteiger partial charge >= 0.3 is 6.09 Å². The van der Waals surface area contributed by atoms with Crippen LogP contribution in [0.3, 0.4) is 0 Å². The van der Waals surface area contributed by atoms with Gasteiger partial charge in [0.05, 0.1) is 19.8 Å². The zero-order valence-electron chi connectivity index (χ0n) is 17.6. The molecule has 0 atom stereocenters. The number of ketones is 1. The second kappa shape index (κ2) is 11.8. The first-order valence-electron chi connectivity index (χ1n) is 9.54. The van der Waals surface area contributed by atoms with Crippen LogP contribution in [0.1, 0.15) is 43.9 Å². The average Bonchev–Trinajstić information content (AvgIpc) is 2.55. The number of ether oxygens (including phenoxy) is 3. The van der Waals surface area contributed by atoms with Crippen LogP contribution >= 0.6 is 0 Å². The number of hydrogen-bond acceptors (Lipinski definition) is 5. The maximum Gasteiger partial charge on any atom is 0.412 e. The highest BCUT2D eigenvalue weighted by molar-refractivity contribution is 5.78. The summed E-state index contributed by atoms with van der Waals surface area (Å²) in [4.78, 5) is 23.9. The molecule has 0 heterocycles. The van der Waals surface area contributed by atoms with E-state index in [0.29, 0.717) is 45.1 Å². The average molecular weight is 394 g/mol. The van der Waals surface area contributed by atoms with E-state index in [9.17, 15) is 9.59 Å². The Kier molecular flexibility index (Phi) is 10.1. The molecule has 158 valence electrons. The highest BCUT2D eigenvalue weighted by Crippen LogP contribution is 2.38. The number of nitrogens with one attached hydrogen (secondary N) is 2. The molecule has 0 spiro atoms. The van der Waals surface area contributed by atoms with Crippen LogP contribution < -0.4 is 10.1 Å². The highest BCUT2D eigenvalue weighted by atomic mass is 16.6. The number of aryl methyl sites for hydroxylation is 2. The van der Waals surface area contributed by atoms with Gasteiger partial charge in [-0.1, -0.05) is 19.9 Å². The molecule has 0 aliphatic carbocycles. The fourth-order valence-corrected chi connectivity index (χ4v) is 3.34. The van der Waals surface area contributed by atoms with Crippen molar-refractivity contribution in [3.8, 4) is 5.75 Å². The fourth-order valence-electron chi connectivity index (χ4n) is 3.34. The van der Waals surface area contributed by atoms with Crippen LogP contribution in [-0.4, -0.2) is 51.4 Å². The Morgan fingerprint density at radius 2 is 1.71 bits per heavy atom. The minimum atomic E-state index is -0.557. The fraction of sp³-hybridized carbons (Fsp3) is 0.619. The molecule has 0 aliphatic rings. The van der Waals surface area contributed by atoms with E-state index in [1.807, 2.05) is 39.8 Å². The second-order valence-electron chi connectivity index (χ2n) is 7.51. The Morgan fingerprint density at radius 3 is 2.32 bits per heavy atom. The smallest absolute Gasteiger partial charge is 0.412 e. The molecule has 1 amide bonds. The molecule has 0 bridgehead atoms. The summed E-state index contributed by atoms with van der Waals surface area (Å²) in [6, 6.07) is 3.85. The highest BCUT2D eigenvalue weighted by Gasteiger charge is 2.29. The summed E-state index contributed by atoms with van der Waals surface area (Å²) >= 11 is 0. The maximum absolute atomic E-state index is 12.2. The molecule has 0 unspecified atom stereocenters. The van der Waals surface area contributed by atoms with Crippen LogP contribution in [0.25, 0.3) is 5.73 Å². The summed E-state index contributed by atoms with van der Waals surface area (Å²) in [7, 11) is 0. The zero-order chi connectivity index (χ0) is 21.2. The molecule has 1 aromatic carbocycles. The summed E-state index contributed by atoms with van der Waals surface area (Å²) in [5, 5.41) is 2.67. The van der Waals surface area contributed by atoms with Gasteiger partial charge in [0.1, 0.15) is 11.5 Å². The Bertz CT molecular complexity index is 658. The molecule has 7 heteroatoms. The van der Waals surface area contributed by atoms with Crippen LogP contribution in [0.4, 0.5) is 4.79 Å². The Labute approximate surface area is 167 Å². The van der Waals surface area contributed by atoms with E-state index >= 15 is 0 Å². The predicted molar refractivity (Wildman–Crippen MR) is 109 cm³/mol. The number of carbonyl (C=O) groups is 2. The van der Waals surface area contributed by atoms with E-state index in [0.717, 1.165) is 16.7 Å². The van der Waals surface area contributed by atoms with Crippen LogP contribution in [0.5, 0.6) is 5.75 Å². The van der Waals surface area contributed by atoms with Crippen molar-refractivity contribution in [1.82, 2.24) is 5.32 Å². The third kappa shape index (κ3) is 8.37. The van der Waals surface area contributed by atoms with Crippen LogP contribution in [0, 0.1) is 13.8 Å². The van der Waals surface area contributed by atoms with Crippen molar-refractivity contribution in [2.24, 2.45) is 0 Å². The van der Waals surface area contributed by atoms with E-state index in [1.165, 1.54) is 0 Å². The van der Waals surface area contributed by atoms with Crippen LogP contribution in [-0.2, 0) is 19.7 Å². The Balaban J connectivity index is 2.65. The van der Waals surface area contributed by atoms with Crippen molar-refractivity contribution in [1.29, 1.82) is 0 Å². The first-order valence-corrected chi connectivity index (χ1v) is 9.54. The van der Waals surface area contributed by atoms with Gasteiger partial charge in [0.2, 0.25) is 0 Å². The summed E-state index contributed by atoms with van der Waals surface area (Å²) in [6.07, 6.45) is -0.190. The van der Waals surface area contributed by atoms with Gasteiger partial charge < -0.3 is 25.3 Å². The molecule has 0 fully saturated rings. The van der Waals surface area contributed by atoms with E-state index in [2.05, 4.69) is 5.32 Å². The van der Waals surface area contributed by atoms with Crippen LogP contribution in [0.2, 0.25) is 0 Å². The molecule has 28 heavy (non-hydrogen) atoms. The molecule has 2 N–H and O–H groups in total. The lowest BCUT2D eigenvalue weighted by Crippen LogP contribution is -2.32. The third-order valence-electron chi connectivity index (χ3n) is 4.15. The number of hydrogen-bond donors (Lipinski definition) is 1. The molecule has 0 saturated heterocycles. The molecule has 0 aromatic heterocycles. The normalized spacial score (nSPS) is 11.4. The molecule has 0 saturated carbocycles. The van der Waals surface area contributed by atoms with Crippen molar-refractivity contribution in [3.63, 3.8) is 0 Å². The number of Topliss-reactive ketones (excluding diaryl/α,β-unsaturated/α-hetero) is 1. The number of rotatable bonds is 12. The minimum absolute atomic E-state index is 0.0873. The first kappa shape index (κ1) is 24.1. The van der Waals surface area contributed by atoms with Gasteiger partial charge in [-0.05, 0) is 38.0 Å². The maximum atomic E-state index is 12.2. The summed E-state index contributed by atoms with van der Waals surface area (Å²) in [5.41, 5.74) is 9.36. The molecule has 1 aromatic rings. The van der Waals surface area contributed by atoms with E-state index in [4.69, 9.17) is 19.9 Å². The summed E-state index contributed by atoms with van der Waals surface area (Å²) < 4.78 is 16.1. The van der Waals surface area contributed by atoms with Gasteiger partial charge in [0.15, 0.2) is 0 Å². The summed E-state index contributed by atoms with van der Waals surface area (Å²) in [6.45, 7) is 11.6. The molecule has 0 radical (unpaired) electrons. The lowest BCUT2D eigenvalue weighted by molar-refractivity contribution is -0.118. The number of amides is 1. The van der Waals surface area contributed by atoms with E-state index < -0.39 is 11.5 Å². The SMILES string of the molecule is CC(=O)CC(C)(C)c1c(C)cc(C)cc1OC(=O)NCCOCCOCC[NH-]. The van der Waals surface area contributed by atoms with Gasteiger partial charge in [-0.25, -0.2) is 4.79 Å². The van der Waals surface area contributed by atoms with Gasteiger partial charge in [0.25, 0.3) is 0 Å². The van der Waals surface area contributed by atoms with Crippen molar-refractivity contribution in [2.75, 3.05) is 39.5 Å². The largest absolute Gasteiger partial charge is 0.676 e. The van der Waals surface area contributed by atoms with E-state index in [-0.39, 0.29) is 12.3 Å². The quantitative estimate of drug-likeness (QED) is 0.546. The molecule has 1 rings (SSSR count). The number of carbonyl (C=O) groups excluding carboxylic acids is 2. The van der Waals surface area contributed by atoms with Crippen LogP contribution in [0.15, 0.2) is 12.1 Å². The molecular weight excluding hydrogens is 360 g/mol. The Hall–Kier alpha value is -1.96.